The molecule has 12 nitrogen and oxygen atoms in total. The summed E-state index contributed by atoms with van der Waals surface area (Å²) in [6.07, 6.45) is 0. The molecule has 0 bridgehead atoms. The van der Waals surface area contributed by atoms with Crippen molar-refractivity contribution in [1.29, 1.82) is 0 Å². The number of hydrogen-bond acceptors (Lipinski definition) is 10. The van der Waals surface area contributed by atoms with Crippen molar-refractivity contribution in [2.24, 2.45) is 10.2 Å². The normalized spacial score (nSPS) is 12.7. The Morgan fingerprint density at radius 2 is 1.62 bits per heavy atom. The van der Waals surface area contributed by atoms with E-state index in [1.807, 2.05) is 0 Å². The highest BCUT2D eigenvalue weighted by Gasteiger charge is 2.22. The van der Waals surface area contributed by atoms with Gasteiger partial charge in [-0.2, -0.15) is 21.9 Å². The van der Waals surface area contributed by atoms with Gasteiger partial charge in [0.25, 0.3) is 20.2 Å². The van der Waals surface area contributed by atoms with Crippen molar-refractivity contribution in [1.82, 2.24) is 14.8 Å². The first-order valence-electron chi connectivity index (χ1n) is 8.67. The minimum absolute atomic E-state index is 0.0230. The van der Waals surface area contributed by atoms with Gasteiger partial charge >= 0.3 is 0 Å². The van der Waals surface area contributed by atoms with Crippen LogP contribution in [0.4, 0.5) is 16.6 Å². The van der Waals surface area contributed by atoms with E-state index >= 15 is 0 Å². The molecule has 0 spiro atoms. The second-order valence-electron chi connectivity index (χ2n) is 6.45. The van der Waals surface area contributed by atoms with Crippen LogP contribution in [0.5, 0.6) is 0 Å². The van der Waals surface area contributed by atoms with Crippen LogP contribution in [-0.4, -0.2) is 40.7 Å². The Bertz CT molecular complexity index is 1600. The zero-order valence-electron chi connectivity index (χ0n) is 16.1. The number of anilines is 1. The molecule has 2 aromatic carbocycles. The first-order chi connectivity index (χ1) is 15.0. The lowest BCUT2D eigenvalue weighted by Gasteiger charge is -2.08. The first-order valence-corrected chi connectivity index (χ1v) is 12.4. The molecule has 2 heterocycles. The molecule has 4 N–H and O–H groups in total. The summed E-state index contributed by atoms with van der Waals surface area (Å²) in [7, 11) is -9.01. The first kappa shape index (κ1) is 22.0. The predicted molar refractivity (Wildman–Crippen MR) is 116 cm³/mol. The van der Waals surface area contributed by atoms with Gasteiger partial charge in [0, 0.05) is 0 Å². The van der Waals surface area contributed by atoms with Crippen LogP contribution >= 0.6 is 11.3 Å². The van der Waals surface area contributed by atoms with Gasteiger partial charge in [0.1, 0.15) is 15.3 Å². The molecule has 0 aliphatic heterocycles. The van der Waals surface area contributed by atoms with Crippen LogP contribution in [0.1, 0.15) is 5.69 Å². The summed E-state index contributed by atoms with van der Waals surface area (Å²) >= 11 is 1.04. The van der Waals surface area contributed by atoms with Crippen molar-refractivity contribution in [2.75, 3.05) is 5.73 Å². The molecule has 0 amide bonds. The maximum atomic E-state index is 11.7. The molecule has 0 fully saturated rings. The smallest absolute Gasteiger partial charge is 0.296 e. The van der Waals surface area contributed by atoms with Crippen molar-refractivity contribution in [3.05, 3.63) is 48.2 Å². The molecule has 0 aliphatic rings. The van der Waals surface area contributed by atoms with E-state index in [1.165, 1.54) is 30.3 Å². The van der Waals surface area contributed by atoms with Crippen LogP contribution in [0.15, 0.2) is 62.5 Å². The average molecular weight is 495 g/mol. The quantitative estimate of drug-likeness (QED) is 0.276. The fraction of sp³-hybridized carbons (Fsp3) is 0.0588. The van der Waals surface area contributed by atoms with E-state index in [0.717, 1.165) is 16.0 Å². The largest absolute Gasteiger partial charge is 0.382 e. The van der Waals surface area contributed by atoms with Gasteiger partial charge in [-0.15, -0.1) is 10.2 Å². The Morgan fingerprint density at radius 3 is 2.31 bits per heavy atom. The number of nitrogens with two attached hydrogens (primary N) is 1. The lowest BCUT2D eigenvalue weighted by atomic mass is 10.3. The second kappa shape index (κ2) is 7.72. The Morgan fingerprint density at radius 1 is 0.969 bits per heavy atom. The van der Waals surface area contributed by atoms with Crippen LogP contribution in [-0.2, 0) is 20.2 Å². The van der Waals surface area contributed by atoms with Crippen LogP contribution in [0, 0.1) is 6.92 Å². The fourth-order valence-corrected chi connectivity index (χ4v) is 5.15. The van der Waals surface area contributed by atoms with E-state index in [0.29, 0.717) is 10.4 Å². The van der Waals surface area contributed by atoms with Crippen molar-refractivity contribution < 1.29 is 25.9 Å². The van der Waals surface area contributed by atoms with Gasteiger partial charge in [-0.25, -0.2) is 9.67 Å². The highest BCUT2D eigenvalue weighted by molar-refractivity contribution is 7.86. The Balaban J connectivity index is 1.78. The SMILES string of the molecule is Cc1nn(-c2ccccc2S(=O)(=O)O)c(N)c1N=Nc1nc2c(S(=O)(=O)O)cccc2s1. The van der Waals surface area contributed by atoms with E-state index in [4.69, 9.17) is 5.73 Å². The summed E-state index contributed by atoms with van der Waals surface area (Å²) in [5, 5.41) is 12.3. The Kier molecular flexibility index (Phi) is 5.30. The number of thiazole rings is 1. The van der Waals surface area contributed by atoms with Gasteiger partial charge in [-0.05, 0) is 31.2 Å². The van der Waals surface area contributed by atoms with E-state index in [9.17, 15) is 25.9 Å². The maximum Gasteiger partial charge on any atom is 0.296 e. The number of azo groups is 1. The molecule has 2 aromatic heterocycles. The van der Waals surface area contributed by atoms with E-state index < -0.39 is 20.2 Å². The van der Waals surface area contributed by atoms with Crippen molar-refractivity contribution in [3.8, 4) is 5.69 Å². The van der Waals surface area contributed by atoms with Crippen LogP contribution < -0.4 is 5.73 Å². The zero-order valence-corrected chi connectivity index (χ0v) is 18.6. The lowest BCUT2D eigenvalue weighted by molar-refractivity contribution is 0.481. The number of hydrogen-bond donors (Lipinski definition) is 3. The van der Waals surface area contributed by atoms with Crippen molar-refractivity contribution >= 4 is 58.4 Å². The third kappa shape index (κ3) is 3.98. The zero-order chi connectivity index (χ0) is 23.3. The molecule has 166 valence electrons. The lowest BCUT2D eigenvalue weighted by Crippen LogP contribution is -2.08. The number of para-hydroxylation sites is 2. The Hall–Kier alpha value is -3.24. The van der Waals surface area contributed by atoms with Gasteiger partial charge in [0.05, 0.1) is 16.1 Å². The number of rotatable bonds is 5. The topological polar surface area (TPSA) is 190 Å². The number of aryl methyl sites for hydroxylation is 1. The summed E-state index contributed by atoms with van der Waals surface area (Å²) in [5.41, 5.74) is 6.63. The molecule has 0 aliphatic carbocycles. The van der Waals surface area contributed by atoms with Crippen LogP contribution in [0.2, 0.25) is 0 Å². The third-order valence-corrected chi connectivity index (χ3v) is 7.01. The molecule has 0 radical (unpaired) electrons. The summed E-state index contributed by atoms with van der Waals surface area (Å²) in [5.74, 6) is -0.0397. The average Bonchev–Trinajstić information content (AvgIpc) is 3.25. The molecule has 0 saturated heterocycles. The monoisotopic (exact) mass is 494 g/mol. The predicted octanol–water partition coefficient (Wildman–Crippen LogP) is 3.28. The molecular weight excluding hydrogens is 480 g/mol. The van der Waals surface area contributed by atoms with Gasteiger partial charge in [-0.1, -0.05) is 29.5 Å². The maximum absolute atomic E-state index is 11.7. The summed E-state index contributed by atoms with van der Waals surface area (Å²) in [4.78, 5) is 3.37. The van der Waals surface area contributed by atoms with Crippen molar-refractivity contribution in [2.45, 2.75) is 16.7 Å². The number of aromatic nitrogens is 3. The number of nitrogen functional groups attached to an aromatic ring is 1. The van der Waals surface area contributed by atoms with Gasteiger partial charge in [0.2, 0.25) is 5.13 Å². The molecule has 4 rings (SSSR count). The molecule has 32 heavy (non-hydrogen) atoms. The highest BCUT2D eigenvalue weighted by atomic mass is 32.2. The van der Waals surface area contributed by atoms with Gasteiger partial charge in [-0.3, -0.25) is 9.11 Å². The van der Waals surface area contributed by atoms with Gasteiger partial charge in [0.15, 0.2) is 11.5 Å². The second-order valence-corrected chi connectivity index (χ2v) is 10.2. The van der Waals surface area contributed by atoms with E-state index in [1.54, 1.807) is 19.1 Å². The third-order valence-electron chi connectivity index (χ3n) is 4.32. The van der Waals surface area contributed by atoms with Crippen molar-refractivity contribution in [3.63, 3.8) is 0 Å². The number of fused-ring (bicyclic) bond motifs is 1. The van der Waals surface area contributed by atoms with Crippen LogP contribution in [0.3, 0.4) is 0 Å². The molecular formula is C17H14N6O6S3. The number of benzene rings is 2. The molecule has 0 unspecified atom stereocenters. The molecule has 0 atom stereocenters. The standard InChI is InChI=1S/C17H14N6O6S3/c1-9-14(16(18)23(22-9)10-5-2-3-7-12(10)31(24,25)26)20-21-17-19-15-11(30-17)6-4-8-13(15)32(27,28)29/h2-8H,18H2,1H3,(H,24,25,26)(H,27,28,29). The Labute approximate surface area is 185 Å². The summed E-state index contributed by atoms with van der Waals surface area (Å²) < 4.78 is 66.9. The highest BCUT2D eigenvalue weighted by Crippen LogP contribution is 2.35. The molecule has 4 aromatic rings. The van der Waals surface area contributed by atoms with E-state index in [-0.39, 0.29) is 37.6 Å². The minimum atomic E-state index is -4.54. The fourth-order valence-electron chi connectivity index (χ4n) is 2.95. The minimum Gasteiger partial charge on any atom is -0.382 e. The van der Waals surface area contributed by atoms with Gasteiger partial charge < -0.3 is 5.73 Å². The molecule has 15 heteroatoms. The summed E-state index contributed by atoms with van der Waals surface area (Å²) in [6.45, 7) is 1.58. The number of nitrogens with zero attached hydrogens (tertiary/aromatic N) is 5. The molecule has 0 saturated carbocycles. The van der Waals surface area contributed by atoms with Crippen LogP contribution in [0.25, 0.3) is 15.9 Å². The van der Waals surface area contributed by atoms with E-state index in [2.05, 4.69) is 20.3 Å². The summed E-state index contributed by atoms with van der Waals surface area (Å²) in [6, 6.07) is 9.90.